The van der Waals surface area contributed by atoms with Gasteiger partial charge in [0.25, 0.3) is 0 Å². The number of rotatable bonds is 7. The highest BCUT2D eigenvalue weighted by molar-refractivity contribution is 6.25. The first-order valence-electron chi connectivity index (χ1n) is 20.9. The van der Waals surface area contributed by atoms with E-state index < -0.39 is 0 Å². The monoisotopic (exact) mass is 766 g/mol. The number of nitrogens with zero attached hydrogens (tertiary/aromatic N) is 2. The molecular weight excluding hydrogens is 725 g/mol. The summed E-state index contributed by atoms with van der Waals surface area (Å²) in [5.74, 6) is 1.34. The third-order valence-electron chi connectivity index (χ3n) is 12.1. The molecule has 0 amide bonds. The van der Waals surface area contributed by atoms with Gasteiger partial charge in [-0.1, -0.05) is 195 Å². The van der Waals surface area contributed by atoms with Crippen molar-refractivity contribution in [3.05, 3.63) is 230 Å². The smallest absolute Gasteiger partial charge is 0.145 e. The number of aromatic nitrogens is 2. The van der Waals surface area contributed by atoms with Gasteiger partial charge >= 0.3 is 0 Å². The normalized spacial score (nSPS) is 14.1. The van der Waals surface area contributed by atoms with Crippen LogP contribution in [0.2, 0.25) is 0 Å². The first-order valence-corrected chi connectivity index (χ1v) is 20.9. The van der Waals surface area contributed by atoms with Gasteiger partial charge in [-0.2, -0.15) is 0 Å². The Balaban J connectivity index is 1.14. The van der Waals surface area contributed by atoms with Gasteiger partial charge in [0.1, 0.15) is 5.82 Å². The molecule has 0 unspecified atom stereocenters. The summed E-state index contributed by atoms with van der Waals surface area (Å²) in [4.78, 5) is 5.15. The number of hydrogen-bond donors (Lipinski definition) is 0. The maximum atomic E-state index is 5.15. The summed E-state index contributed by atoms with van der Waals surface area (Å²) in [5, 5.41) is 5.02. The summed E-state index contributed by atoms with van der Waals surface area (Å²) in [6.07, 6.45) is 5.99. The van der Waals surface area contributed by atoms with Crippen LogP contribution in [-0.2, 0) is 0 Å². The van der Waals surface area contributed by atoms with Crippen LogP contribution >= 0.6 is 0 Å². The van der Waals surface area contributed by atoms with Crippen LogP contribution in [0, 0.1) is 5.92 Å². The molecular formula is C58H42N2. The van der Waals surface area contributed by atoms with Crippen molar-refractivity contribution in [1.82, 2.24) is 9.55 Å². The van der Waals surface area contributed by atoms with Gasteiger partial charge in [0.05, 0.1) is 11.0 Å². The Morgan fingerprint density at radius 2 is 1.00 bits per heavy atom. The summed E-state index contributed by atoms with van der Waals surface area (Å²) in [6, 6.07) is 74.7. The summed E-state index contributed by atoms with van der Waals surface area (Å²) in [5.41, 5.74) is 16.7. The third kappa shape index (κ3) is 6.17. The van der Waals surface area contributed by atoms with Crippen molar-refractivity contribution in [1.29, 1.82) is 0 Å². The van der Waals surface area contributed by atoms with Gasteiger partial charge < -0.3 is 0 Å². The highest BCUT2D eigenvalue weighted by Crippen LogP contribution is 2.49. The first-order chi connectivity index (χ1) is 29.7. The van der Waals surface area contributed by atoms with Crippen LogP contribution in [-0.4, -0.2) is 9.55 Å². The highest BCUT2D eigenvalue weighted by Gasteiger charge is 2.24. The molecule has 284 valence electrons. The Morgan fingerprint density at radius 1 is 0.433 bits per heavy atom. The fourth-order valence-corrected chi connectivity index (χ4v) is 9.34. The summed E-state index contributed by atoms with van der Waals surface area (Å²) in [7, 11) is 0. The second-order valence-corrected chi connectivity index (χ2v) is 15.9. The number of imidazole rings is 1. The van der Waals surface area contributed by atoms with E-state index >= 15 is 0 Å². The predicted molar refractivity (Wildman–Crippen MR) is 254 cm³/mol. The van der Waals surface area contributed by atoms with Crippen LogP contribution in [0.3, 0.4) is 0 Å². The molecule has 9 aromatic carbocycles. The van der Waals surface area contributed by atoms with Crippen LogP contribution in [0.4, 0.5) is 0 Å². The average molecular weight is 767 g/mol. The fourth-order valence-electron chi connectivity index (χ4n) is 9.34. The number of para-hydroxylation sites is 3. The molecule has 0 saturated heterocycles. The quantitative estimate of drug-likeness (QED) is 0.148. The molecule has 0 bridgehead atoms. The van der Waals surface area contributed by atoms with Crippen molar-refractivity contribution in [2.75, 3.05) is 0 Å². The number of allylic oxidation sites excluding steroid dienone is 4. The zero-order valence-electron chi connectivity index (χ0n) is 33.5. The second-order valence-electron chi connectivity index (χ2n) is 15.9. The van der Waals surface area contributed by atoms with E-state index in [1.165, 1.54) is 71.6 Å². The minimum absolute atomic E-state index is 0.413. The lowest BCUT2D eigenvalue weighted by atomic mass is 9.78. The Labute approximate surface area is 351 Å². The lowest BCUT2D eigenvalue weighted by Gasteiger charge is -2.25. The molecule has 0 aliphatic heterocycles. The van der Waals surface area contributed by atoms with E-state index in [1.54, 1.807) is 0 Å². The minimum atomic E-state index is 0.413. The standard InChI is InChI=1S/C58H42N2/c1-39-29-35-47(42-19-7-3-8-20-42)52(37-39)57-50-26-14-13-25-49(50)56(48-24-12-11-23-46(48)41-17-5-2-6-18-41)51-36-34-44(38-53(51)57)40-30-32-43(33-31-40)58-59-54-27-15-16-28-55(54)60(58)45-21-9-4-10-22-45/h2-28,30-39H,29H2,1H3/t39-/m0/s1. The van der Waals surface area contributed by atoms with Crippen molar-refractivity contribution >= 4 is 43.7 Å². The van der Waals surface area contributed by atoms with Gasteiger partial charge in [-0.15, -0.1) is 0 Å². The maximum absolute atomic E-state index is 5.15. The maximum Gasteiger partial charge on any atom is 0.145 e. The molecule has 11 rings (SSSR count). The van der Waals surface area contributed by atoms with Crippen molar-refractivity contribution < 1.29 is 0 Å². The largest absolute Gasteiger partial charge is 0.292 e. The van der Waals surface area contributed by atoms with Crippen LogP contribution in [0.15, 0.2) is 218 Å². The molecule has 2 heteroatoms. The third-order valence-corrected chi connectivity index (χ3v) is 12.1. The SMILES string of the molecule is C[C@@H]1C=C(c2c3ccccc3c(-c3ccccc3-c3ccccc3)c3ccc(-c4ccc(-c5nc6ccccc6n5-c5ccccc5)cc4)cc23)C(c2ccccc2)=CC1. The average Bonchev–Trinajstić information content (AvgIpc) is 3.71. The van der Waals surface area contributed by atoms with Crippen LogP contribution in [0.5, 0.6) is 0 Å². The van der Waals surface area contributed by atoms with E-state index in [2.05, 4.69) is 230 Å². The zero-order valence-corrected chi connectivity index (χ0v) is 33.5. The lowest BCUT2D eigenvalue weighted by Crippen LogP contribution is -2.03. The van der Waals surface area contributed by atoms with Gasteiger partial charge in [0.15, 0.2) is 0 Å². The molecule has 1 heterocycles. The summed E-state index contributed by atoms with van der Waals surface area (Å²) < 4.78 is 2.27. The molecule has 1 aromatic heterocycles. The van der Waals surface area contributed by atoms with Gasteiger partial charge in [0.2, 0.25) is 0 Å². The van der Waals surface area contributed by atoms with Gasteiger partial charge in [-0.3, -0.25) is 4.57 Å². The summed E-state index contributed by atoms with van der Waals surface area (Å²) in [6.45, 7) is 2.34. The Kier molecular flexibility index (Phi) is 8.90. The van der Waals surface area contributed by atoms with Gasteiger partial charge in [-0.25, -0.2) is 4.98 Å². The van der Waals surface area contributed by atoms with E-state index in [0.717, 1.165) is 40.1 Å². The molecule has 0 radical (unpaired) electrons. The van der Waals surface area contributed by atoms with E-state index in [0.29, 0.717) is 5.92 Å². The number of fused-ring (bicyclic) bond motifs is 3. The number of hydrogen-bond acceptors (Lipinski definition) is 1. The van der Waals surface area contributed by atoms with Crippen molar-refractivity contribution in [3.8, 4) is 50.5 Å². The molecule has 0 saturated carbocycles. The number of benzene rings is 9. The first kappa shape index (κ1) is 35.6. The molecule has 1 atom stereocenters. The minimum Gasteiger partial charge on any atom is -0.292 e. The van der Waals surface area contributed by atoms with Crippen LogP contribution in [0.25, 0.3) is 94.2 Å². The van der Waals surface area contributed by atoms with Gasteiger partial charge in [-0.05, 0) is 120 Å². The van der Waals surface area contributed by atoms with E-state index in [1.807, 2.05) is 0 Å². The Hall–Kier alpha value is -7.55. The van der Waals surface area contributed by atoms with Crippen molar-refractivity contribution in [2.24, 2.45) is 5.92 Å². The molecule has 1 aliphatic rings. The molecule has 0 spiro atoms. The highest BCUT2D eigenvalue weighted by atomic mass is 15.1. The van der Waals surface area contributed by atoms with Gasteiger partial charge in [0, 0.05) is 11.3 Å². The Bertz CT molecular complexity index is 3260. The van der Waals surface area contributed by atoms with Crippen LogP contribution in [0.1, 0.15) is 24.5 Å². The van der Waals surface area contributed by atoms with E-state index in [-0.39, 0.29) is 0 Å². The molecule has 60 heavy (non-hydrogen) atoms. The van der Waals surface area contributed by atoms with Crippen molar-refractivity contribution in [2.45, 2.75) is 13.3 Å². The molecule has 2 nitrogen and oxygen atoms in total. The molecule has 0 N–H and O–H groups in total. The zero-order chi connectivity index (χ0) is 40.0. The fraction of sp³-hybridized carbons (Fsp3) is 0.0517. The molecule has 10 aromatic rings. The van der Waals surface area contributed by atoms with E-state index in [4.69, 9.17) is 4.98 Å². The molecule has 1 aliphatic carbocycles. The Morgan fingerprint density at radius 3 is 1.75 bits per heavy atom. The summed E-state index contributed by atoms with van der Waals surface area (Å²) >= 11 is 0. The van der Waals surface area contributed by atoms with Crippen molar-refractivity contribution in [3.63, 3.8) is 0 Å². The lowest BCUT2D eigenvalue weighted by molar-refractivity contribution is 0.742. The topological polar surface area (TPSA) is 17.8 Å². The second kappa shape index (κ2) is 15.0. The molecule has 0 fully saturated rings. The van der Waals surface area contributed by atoms with Crippen LogP contribution < -0.4 is 0 Å². The predicted octanol–water partition coefficient (Wildman–Crippen LogP) is 15.5. The van der Waals surface area contributed by atoms with E-state index in [9.17, 15) is 0 Å².